The number of amides is 2. The molecule has 0 fully saturated rings. The number of thioether (sulfide) groups is 1. The summed E-state index contributed by atoms with van der Waals surface area (Å²) < 4.78 is 0. The molecule has 0 saturated heterocycles. The zero-order chi connectivity index (χ0) is 21.9. The number of hydrogen-bond acceptors (Lipinski definition) is 3. The highest BCUT2D eigenvalue weighted by atomic mass is 32.2. The van der Waals surface area contributed by atoms with Gasteiger partial charge in [-0.15, -0.1) is 11.8 Å². The molecule has 2 aromatic carbocycles. The van der Waals surface area contributed by atoms with Crippen molar-refractivity contribution in [2.45, 2.75) is 63.9 Å². The molecule has 2 atom stereocenters. The number of hydrogen-bond donors (Lipinski definition) is 1. The van der Waals surface area contributed by atoms with Gasteiger partial charge >= 0.3 is 0 Å². The molecule has 0 aliphatic rings. The van der Waals surface area contributed by atoms with Crippen molar-refractivity contribution in [3.05, 3.63) is 65.7 Å². The molecule has 0 heterocycles. The molecule has 162 valence electrons. The first kappa shape index (κ1) is 24.0. The minimum atomic E-state index is -0.450. The van der Waals surface area contributed by atoms with Crippen molar-refractivity contribution >= 4 is 23.6 Å². The highest BCUT2D eigenvalue weighted by Gasteiger charge is 2.28. The van der Waals surface area contributed by atoms with Crippen LogP contribution >= 0.6 is 11.8 Å². The van der Waals surface area contributed by atoms with Crippen LogP contribution in [0.25, 0.3) is 0 Å². The molecule has 2 rings (SSSR count). The summed E-state index contributed by atoms with van der Waals surface area (Å²) in [6.45, 7) is 8.59. The molecular formula is C25H34N2O2S. The number of carbonyl (C=O) groups excluding carboxylic acids is 2. The lowest BCUT2D eigenvalue weighted by Gasteiger charge is -2.31. The van der Waals surface area contributed by atoms with Gasteiger partial charge in [0.05, 0.1) is 5.75 Å². The van der Waals surface area contributed by atoms with Crippen LogP contribution in [0, 0.1) is 6.92 Å². The maximum Gasteiger partial charge on any atom is 0.243 e. The first-order valence-corrected chi connectivity index (χ1v) is 11.8. The second kappa shape index (κ2) is 12.4. The number of rotatable bonds is 11. The van der Waals surface area contributed by atoms with Gasteiger partial charge in [0, 0.05) is 17.5 Å². The van der Waals surface area contributed by atoms with Crippen LogP contribution < -0.4 is 5.32 Å². The van der Waals surface area contributed by atoms with Crippen molar-refractivity contribution in [3.8, 4) is 0 Å². The van der Waals surface area contributed by atoms with E-state index in [1.165, 1.54) is 22.9 Å². The van der Waals surface area contributed by atoms with Gasteiger partial charge in [-0.05, 0) is 50.8 Å². The van der Waals surface area contributed by atoms with E-state index in [0.717, 1.165) is 17.7 Å². The van der Waals surface area contributed by atoms with E-state index in [2.05, 4.69) is 29.6 Å². The van der Waals surface area contributed by atoms with Crippen LogP contribution in [0.15, 0.2) is 59.5 Å². The zero-order valence-corrected chi connectivity index (χ0v) is 19.4. The van der Waals surface area contributed by atoms with E-state index in [1.807, 2.05) is 58.0 Å². The molecule has 0 radical (unpaired) electrons. The Morgan fingerprint density at radius 3 is 2.27 bits per heavy atom. The van der Waals surface area contributed by atoms with Crippen LogP contribution in [0.4, 0.5) is 0 Å². The summed E-state index contributed by atoms with van der Waals surface area (Å²) in [6.07, 6.45) is 2.19. The van der Waals surface area contributed by atoms with E-state index in [0.29, 0.717) is 18.7 Å². The Hall–Kier alpha value is -2.27. The smallest absolute Gasteiger partial charge is 0.243 e. The third-order valence-corrected chi connectivity index (χ3v) is 6.25. The summed E-state index contributed by atoms with van der Waals surface area (Å²) in [7, 11) is 0. The summed E-state index contributed by atoms with van der Waals surface area (Å²) in [4.78, 5) is 28.9. The van der Waals surface area contributed by atoms with E-state index in [4.69, 9.17) is 0 Å². The minimum absolute atomic E-state index is 0.00246. The molecule has 0 bridgehead atoms. The second-order valence-corrected chi connectivity index (χ2v) is 8.72. The first-order chi connectivity index (χ1) is 14.4. The molecule has 0 spiro atoms. The number of benzene rings is 2. The molecule has 0 aliphatic heterocycles. The van der Waals surface area contributed by atoms with Crippen LogP contribution in [-0.4, -0.2) is 41.1 Å². The van der Waals surface area contributed by atoms with E-state index in [9.17, 15) is 9.59 Å². The maximum atomic E-state index is 13.2. The average Bonchev–Trinajstić information content (AvgIpc) is 2.76. The predicted molar refractivity (Wildman–Crippen MR) is 126 cm³/mol. The Morgan fingerprint density at radius 1 is 1.00 bits per heavy atom. The van der Waals surface area contributed by atoms with Gasteiger partial charge in [-0.3, -0.25) is 9.59 Å². The molecule has 1 N–H and O–H groups in total. The van der Waals surface area contributed by atoms with Gasteiger partial charge < -0.3 is 10.2 Å². The monoisotopic (exact) mass is 426 g/mol. The fourth-order valence-electron chi connectivity index (χ4n) is 3.20. The predicted octanol–water partition coefficient (Wildman–Crippen LogP) is 4.85. The van der Waals surface area contributed by atoms with Crippen molar-refractivity contribution in [3.63, 3.8) is 0 Å². The van der Waals surface area contributed by atoms with Gasteiger partial charge in [0.2, 0.25) is 11.8 Å². The summed E-state index contributed by atoms with van der Waals surface area (Å²) in [5, 5.41) is 3.05. The first-order valence-electron chi connectivity index (χ1n) is 10.8. The fourth-order valence-corrected chi connectivity index (χ4v) is 3.98. The topological polar surface area (TPSA) is 49.4 Å². The Kier molecular flexibility index (Phi) is 9.95. The fraction of sp³-hybridized carbons (Fsp3) is 0.440. The molecule has 0 aliphatic carbocycles. The van der Waals surface area contributed by atoms with Gasteiger partial charge in [0.25, 0.3) is 0 Å². The Balaban J connectivity index is 2.11. The Morgan fingerprint density at radius 2 is 1.67 bits per heavy atom. The van der Waals surface area contributed by atoms with Crippen LogP contribution in [0.5, 0.6) is 0 Å². The zero-order valence-electron chi connectivity index (χ0n) is 18.6. The lowest BCUT2D eigenvalue weighted by Crippen LogP contribution is -2.52. The van der Waals surface area contributed by atoms with Crippen molar-refractivity contribution in [2.75, 3.05) is 12.3 Å². The van der Waals surface area contributed by atoms with Crippen molar-refractivity contribution < 1.29 is 9.59 Å². The lowest BCUT2D eigenvalue weighted by atomic mass is 10.1. The molecule has 0 unspecified atom stereocenters. The molecule has 2 amide bonds. The van der Waals surface area contributed by atoms with Gasteiger partial charge in [0.15, 0.2) is 0 Å². The van der Waals surface area contributed by atoms with Crippen LogP contribution in [0.1, 0.15) is 44.7 Å². The van der Waals surface area contributed by atoms with Gasteiger partial charge in [-0.1, -0.05) is 61.9 Å². The highest BCUT2D eigenvalue weighted by molar-refractivity contribution is 8.00. The number of nitrogens with zero attached hydrogens (tertiary/aromatic N) is 1. The Bertz CT molecular complexity index is 793. The molecule has 4 nitrogen and oxygen atoms in total. The largest absolute Gasteiger partial charge is 0.352 e. The van der Waals surface area contributed by atoms with Crippen molar-refractivity contribution in [1.82, 2.24) is 10.2 Å². The summed E-state index contributed by atoms with van der Waals surface area (Å²) >= 11 is 1.52. The van der Waals surface area contributed by atoms with Crippen molar-refractivity contribution in [2.24, 2.45) is 0 Å². The highest BCUT2D eigenvalue weighted by Crippen LogP contribution is 2.20. The minimum Gasteiger partial charge on any atom is -0.352 e. The van der Waals surface area contributed by atoms with E-state index >= 15 is 0 Å². The third kappa shape index (κ3) is 7.52. The number of aryl methyl sites for hydroxylation is 1. The van der Waals surface area contributed by atoms with Crippen molar-refractivity contribution in [1.29, 1.82) is 0 Å². The number of carbonyl (C=O) groups is 2. The molecule has 5 heteroatoms. The third-order valence-electron chi connectivity index (χ3n) is 5.25. The quantitative estimate of drug-likeness (QED) is 0.523. The summed E-state index contributed by atoms with van der Waals surface area (Å²) in [5.41, 5.74) is 2.36. The van der Waals surface area contributed by atoms with E-state index < -0.39 is 6.04 Å². The molecule has 30 heavy (non-hydrogen) atoms. The van der Waals surface area contributed by atoms with Crippen LogP contribution in [0.3, 0.4) is 0 Å². The molecular weight excluding hydrogens is 392 g/mol. The molecule has 0 aromatic heterocycles. The second-order valence-electron chi connectivity index (χ2n) is 7.67. The molecule has 2 aromatic rings. The maximum absolute atomic E-state index is 13.2. The lowest BCUT2D eigenvalue weighted by molar-refractivity contribution is -0.139. The normalized spacial score (nSPS) is 12.8. The SMILES string of the molecule is CC[C@@H](C)NC(=O)[C@H](CC)N(CCc1ccccc1)C(=O)CSc1ccc(C)cc1. The van der Waals surface area contributed by atoms with Gasteiger partial charge in [-0.2, -0.15) is 0 Å². The average molecular weight is 427 g/mol. The van der Waals surface area contributed by atoms with Crippen LogP contribution in [-0.2, 0) is 16.0 Å². The Labute approximate surface area is 185 Å². The summed E-state index contributed by atoms with van der Waals surface area (Å²) in [6, 6.07) is 17.9. The molecule has 0 saturated carbocycles. The van der Waals surface area contributed by atoms with Gasteiger partial charge in [0.1, 0.15) is 6.04 Å². The standard InChI is InChI=1S/C25H34N2O2S/c1-5-20(4)26-25(29)23(6-2)27(17-16-21-10-8-7-9-11-21)24(28)18-30-22-14-12-19(3)13-15-22/h7-15,20,23H,5-6,16-18H2,1-4H3,(H,26,29)/t20-,23+/m1/s1. The van der Waals surface area contributed by atoms with Gasteiger partial charge in [-0.25, -0.2) is 0 Å². The van der Waals surface area contributed by atoms with Crippen LogP contribution in [0.2, 0.25) is 0 Å². The summed E-state index contributed by atoms with van der Waals surface area (Å²) in [5.74, 6) is 0.265. The van der Waals surface area contributed by atoms with E-state index in [1.54, 1.807) is 4.90 Å². The van der Waals surface area contributed by atoms with E-state index in [-0.39, 0.29) is 17.9 Å². The number of nitrogens with one attached hydrogen (secondary N) is 1.